The first-order valence-electron chi connectivity index (χ1n) is 12.8. The van der Waals surface area contributed by atoms with Gasteiger partial charge in [0.05, 0.1) is 23.5 Å². The largest absolute Gasteiger partial charge is 0.353 e. The van der Waals surface area contributed by atoms with Gasteiger partial charge in [-0.1, -0.05) is 0 Å². The minimum atomic E-state index is -1.19. The summed E-state index contributed by atoms with van der Waals surface area (Å²) in [6.07, 6.45) is 7.18. The standard InChI is InChI=1S/C25H34FN7O3S/c1-16(2)33-19-12-22(28-13-18(19)29-23(33)15-36-24-6-4-5-11-35-24)30-21-7-9-27-25(31-21)32-10-8-20(37(3)34)17(26)14-32/h7,9,12-13,16-17,20,24H,4-6,8,10-11,14-15H2,1-3H3,(H,27,28,30,31). The van der Waals surface area contributed by atoms with E-state index in [2.05, 4.69) is 38.7 Å². The van der Waals surface area contributed by atoms with Crippen LogP contribution < -0.4 is 10.2 Å². The van der Waals surface area contributed by atoms with E-state index in [9.17, 15) is 8.60 Å². The molecule has 3 aromatic rings. The van der Waals surface area contributed by atoms with E-state index in [-0.39, 0.29) is 18.9 Å². The van der Waals surface area contributed by atoms with Crippen molar-refractivity contribution in [1.29, 1.82) is 0 Å². The van der Waals surface area contributed by atoms with Crippen LogP contribution in [0.4, 0.5) is 22.0 Å². The number of halogens is 1. The summed E-state index contributed by atoms with van der Waals surface area (Å²) < 4.78 is 40.2. The number of ether oxygens (including phenoxy) is 2. The third-order valence-corrected chi connectivity index (χ3v) is 8.18. The zero-order chi connectivity index (χ0) is 25.9. The Labute approximate surface area is 218 Å². The molecular weight excluding hydrogens is 497 g/mol. The second-order valence-corrected chi connectivity index (χ2v) is 11.4. The number of nitrogens with zero attached hydrogens (tertiary/aromatic N) is 6. The molecule has 10 nitrogen and oxygen atoms in total. The topological polar surface area (TPSA) is 107 Å². The third-order valence-electron chi connectivity index (χ3n) is 6.79. The fraction of sp³-hybridized carbons (Fsp3) is 0.600. The van der Waals surface area contributed by atoms with Crippen molar-refractivity contribution in [2.75, 3.05) is 36.2 Å². The number of fused-ring (bicyclic) bond motifs is 1. The van der Waals surface area contributed by atoms with E-state index >= 15 is 0 Å². The smallest absolute Gasteiger partial charge is 0.227 e. The fourth-order valence-corrected chi connectivity index (χ4v) is 5.88. The van der Waals surface area contributed by atoms with E-state index in [1.165, 1.54) is 0 Å². The summed E-state index contributed by atoms with van der Waals surface area (Å²) in [6, 6.07) is 3.87. The summed E-state index contributed by atoms with van der Waals surface area (Å²) in [7, 11) is -1.19. The highest BCUT2D eigenvalue weighted by atomic mass is 32.2. The molecule has 0 amide bonds. The molecule has 2 aliphatic rings. The lowest BCUT2D eigenvalue weighted by atomic mass is 10.1. The highest BCUT2D eigenvalue weighted by molar-refractivity contribution is 7.85. The Morgan fingerprint density at radius 1 is 1.24 bits per heavy atom. The summed E-state index contributed by atoms with van der Waals surface area (Å²) in [5.74, 6) is 2.44. The van der Waals surface area contributed by atoms with Gasteiger partial charge in [0.25, 0.3) is 0 Å². The number of alkyl halides is 1. The van der Waals surface area contributed by atoms with Crippen LogP contribution in [-0.2, 0) is 26.9 Å². The molecule has 200 valence electrons. The summed E-state index contributed by atoms with van der Waals surface area (Å²) in [5, 5.41) is 2.81. The number of imidazole rings is 1. The van der Waals surface area contributed by atoms with Crippen molar-refractivity contribution in [3.8, 4) is 0 Å². The molecule has 0 radical (unpaired) electrons. The molecule has 5 rings (SSSR count). The van der Waals surface area contributed by atoms with Crippen LogP contribution in [0.5, 0.6) is 0 Å². The highest BCUT2D eigenvalue weighted by Crippen LogP contribution is 2.27. The number of aromatic nitrogens is 5. The van der Waals surface area contributed by atoms with Gasteiger partial charge in [-0.15, -0.1) is 0 Å². The summed E-state index contributed by atoms with van der Waals surface area (Å²) in [4.78, 5) is 20.0. The van der Waals surface area contributed by atoms with Crippen LogP contribution in [0.15, 0.2) is 24.5 Å². The molecule has 0 aromatic carbocycles. The highest BCUT2D eigenvalue weighted by Gasteiger charge is 2.32. The number of pyridine rings is 1. The Kier molecular flexibility index (Phi) is 7.96. The average molecular weight is 532 g/mol. The molecular formula is C25H34FN7O3S. The van der Waals surface area contributed by atoms with Crippen molar-refractivity contribution in [1.82, 2.24) is 24.5 Å². The van der Waals surface area contributed by atoms with Crippen LogP contribution in [0.3, 0.4) is 0 Å². The summed E-state index contributed by atoms with van der Waals surface area (Å²) >= 11 is 0. The minimum Gasteiger partial charge on any atom is -0.353 e. The first-order valence-corrected chi connectivity index (χ1v) is 14.4. The SMILES string of the molecule is CC(C)n1c(COC2CCCCO2)nc2cnc(Nc3ccnc(N4CCC(S(C)=O)C(F)C4)n3)cc21. The van der Waals surface area contributed by atoms with Crippen molar-refractivity contribution >= 4 is 39.4 Å². The number of rotatable bonds is 8. The van der Waals surface area contributed by atoms with E-state index in [0.29, 0.717) is 37.2 Å². The third kappa shape index (κ3) is 5.91. The number of anilines is 3. The van der Waals surface area contributed by atoms with Crippen LogP contribution in [0.1, 0.15) is 51.4 Å². The molecule has 37 heavy (non-hydrogen) atoms. The molecule has 2 fully saturated rings. The van der Waals surface area contributed by atoms with E-state index in [1.54, 1.807) is 29.6 Å². The monoisotopic (exact) mass is 531 g/mol. The Balaban J connectivity index is 1.32. The lowest BCUT2D eigenvalue weighted by molar-refractivity contribution is -0.170. The molecule has 3 aromatic heterocycles. The summed E-state index contributed by atoms with van der Waals surface area (Å²) in [6.45, 7) is 6.02. The van der Waals surface area contributed by atoms with Gasteiger partial charge in [-0.05, 0) is 45.6 Å². The Hall–Kier alpha value is -2.70. The Morgan fingerprint density at radius 2 is 2.11 bits per heavy atom. The quantitative estimate of drug-likeness (QED) is 0.463. The molecule has 2 saturated heterocycles. The molecule has 4 unspecified atom stereocenters. The molecule has 0 aliphatic carbocycles. The molecule has 0 bridgehead atoms. The van der Waals surface area contributed by atoms with Gasteiger partial charge < -0.3 is 24.3 Å². The van der Waals surface area contributed by atoms with E-state index in [4.69, 9.17) is 14.5 Å². The van der Waals surface area contributed by atoms with Crippen LogP contribution in [0, 0.1) is 0 Å². The van der Waals surface area contributed by atoms with Gasteiger partial charge in [-0.3, -0.25) is 4.21 Å². The second-order valence-electron chi connectivity index (χ2n) is 9.81. The van der Waals surface area contributed by atoms with Gasteiger partial charge in [0.15, 0.2) is 6.29 Å². The van der Waals surface area contributed by atoms with Gasteiger partial charge in [0, 0.05) is 48.5 Å². The zero-order valence-corrected chi connectivity index (χ0v) is 22.3. The maximum Gasteiger partial charge on any atom is 0.227 e. The van der Waals surface area contributed by atoms with E-state index < -0.39 is 22.2 Å². The maximum atomic E-state index is 14.6. The van der Waals surface area contributed by atoms with Gasteiger partial charge in [-0.2, -0.15) is 4.98 Å². The van der Waals surface area contributed by atoms with E-state index in [0.717, 1.165) is 42.7 Å². The van der Waals surface area contributed by atoms with Crippen molar-refractivity contribution in [2.45, 2.75) is 69.9 Å². The van der Waals surface area contributed by atoms with Gasteiger partial charge in [0.1, 0.15) is 35.8 Å². The Morgan fingerprint density at radius 3 is 2.84 bits per heavy atom. The van der Waals surface area contributed by atoms with Crippen LogP contribution in [-0.4, -0.2) is 72.4 Å². The predicted molar refractivity (Wildman–Crippen MR) is 141 cm³/mol. The number of hydrogen-bond acceptors (Lipinski definition) is 9. The molecule has 5 heterocycles. The zero-order valence-electron chi connectivity index (χ0n) is 21.5. The molecule has 4 atom stereocenters. The van der Waals surface area contributed by atoms with Crippen LogP contribution >= 0.6 is 0 Å². The minimum absolute atomic E-state index is 0.127. The van der Waals surface area contributed by atoms with Gasteiger partial charge in [-0.25, -0.2) is 19.3 Å². The number of piperidine rings is 1. The predicted octanol–water partition coefficient (Wildman–Crippen LogP) is 3.88. The second kappa shape index (κ2) is 11.4. The molecule has 2 aliphatic heterocycles. The first kappa shape index (κ1) is 25.9. The van der Waals surface area contributed by atoms with Crippen LogP contribution in [0.25, 0.3) is 11.0 Å². The van der Waals surface area contributed by atoms with E-state index in [1.807, 2.05) is 6.07 Å². The van der Waals surface area contributed by atoms with Crippen molar-refractivity contribution in [2.24, 2.45) is 0 Å². The lowest BCUT2D eigenvalue weighted by Gasteiger charge is -2.33. The van der Waals surface area contributed by atoms with Crippen molar-refractivity contribution < 1.29 is 18.1 Å². The normalized spacial score (nSPS) is 23.5. The molecule has 1 N–H and O–H groups in total. The molecule has 0 saturated carbocycles. The number of nitrogens with one attached hydrogen (secondary N) is 1. The lowest BCUT2D eigenvalue weighted by Crippen LogP contribution is -2.46. The average Bonchev–Trinajstić information content (AvgIpc) is 3.26. The van der Waals surface area contributed by atoms with Crippen molar-refractivity contribution in [3.63, 3.8) is 0 Å². The first-order chi connectivity index (χ1) is 17.9. The summed E-state index contributed by atoms with van der Waals surface area (Å²) in [5.41, 5.74) is 1.73. The fourth-order valence-electron chi connectivity index (χ4n) is 4.95. The molecule has 0 spiro atoms. The van der Waals surface area contributed by atoms with Crippen LogP contribution in [0.2, 0.25) is 0 Å². The van der Waals surface area contributed by atoms with Gasteiger partial charge >= 0.3 is 0 Å². The maximum absolute atomic E-state index is 14.6. The van der Waals surface area contributed by atoms with Crippen molar-refractivity contribution in [3.05, 3.63) is 30.4 Å². The Bertz CT molecular complexity index is 1250. The molecule has 12 heteroatoms. The van der Waals surface area contributed by atoms with Gasteiger partial charge in [0.2, 0.25) is 5.95 Å². The number of hydrogen-bond donors (Lipinski definition) is 1.